The maximum Gasteiger partial charge on any atom is 0.126 e. The van der Waals surface area contributed by atoms with Gasteiger partial charge in [0.1, 0.15) is 5.82 Å². The molecule has 2 nitrogen and oxygen atoms in total. The van der Waals surface area contributed by atoms with E-state index in [1.54, 1.807) is 0 Å². The quantitative estimate of drug-likeness (QED) is 0.720. The maximum absolute atomic E-state index is 5.91. The lowest BCUT2D eigenvalue weighted by Gasteiger charge is -2.12. The summed E-state index contributed by atoms with van der Waals surface area (Å²) in [6.07, 6.45) is 4.45. The summed E-state index contributed by atoms with van der Waals surface area (Å²) >= 11 is 0. The first kappa shape index (κ1) is 8.75. The Kier molecular flexibility index (Phi) is 2.12. The van der Waals surface area contributed by atoms with Crippen LogP contribution in [0.2, 0.25) is 13.1 Å². The van der Waals surface area contributed by atoms with Crippen molar-refractivity contribution in [1.29, 1.82) is 0 Å². The Morgan fingerprint density at radius 2 is 2.15 bits per heavy atom. The predicted octanol–water partition coefficient (Wildman–Crippen LogP) is 1.50. The molecule has 0 saturated heterocycles. The number of aromatic nitrogens is 1. The molecule has 1 saturated carbocycles. The fourth-order valence-electron chi connectivity index (χ4n) is 1.73. The maximum atomic E-state index is 5.91. The van der Waals surface area contributed by atoms with Gasteiger partial charge in [-0.25, -0.2) is 4.98 Å². The third kappa shape index (κ3) is 1.61. The van der Waals surface area contributed by atoms with Gasteiger partial charge in [0.15, 0.2) is 0 Å². The molecule has 3 heteroatoms. The van der Waals surface area contributed by atoms with Gasteiger partial charge in [0.2, 0.25) is 0 Å². The van der Waals surface area contributed by atoms with E-state index in [0.717, 1.165) is 11.7 Å². The summed E-state index contributed by atoms with van der Waals surface area (Å²) in [6.45, 7) is 4.62. The summed E-state index contributed by atoms with van der Waals surface area (Å²) < 4.78 is 0. The molecule has 1 fully saturated rings. The molecule has 13 heavy (non-hydrogen) atoms. The standard InChI is InChI=1S/C10H15N2Si/c1-13(2)8-5-6-12-10(11)9(8)7-3-4-7/h5-7H,3-4H2,1-2H3,(H2,11,12). The highest BCUT2D eigenvalue weighted by Gasteiger charge is 2.29. The first-order valence-electron chi connectivity index (χ1n) is 4.75. The summed E-state index contributed by atoms with van der Waals surface area (Å²) in [5.41, 5.74) is 7.27. The Bertz CT molecular complexity index is 319. The van der Waals surface area contributed by atoms with Crippen molar-refractivity contribution in [1.82, 2.24) is 4.98 Å². The Labute approximate surface area is 80.8 Å². The van der Waals surface area contributed by atoms with E-state index in [9.17, 15) is 0 Å². The van der Waals surface area contributed by atoms with Gasteiger partial charge in [-0.05, 0) is 30.4 Å². The van der Waals surface area contributed by atoms with Crippen LogP contribution >= 0.6 is 0 Å². The first-order chi connectivity index (χ1) is 6.20. The molecule has 0 aromatic carbocycles. The Morgan fingerprint density at radius 3 is 2.69 bits per heavy atom. The van der Waals surface area contributed by atoms with Crippen LogP contribution in [0.25, 0.3) is 0 Å². The van der Waals surface area contributed by atoms with E-state index in [2.05, 4.69) is 24.1 Å². The molecular weight excluding hydrogens is 176 g/mol. The van der Waals surface area contributed by atoms with Gasteiger partial charge in [-0.3, -0.25) is 0 Å². The molecule has 1 radical (unpaired) electrons. The second-order valence-electron chi connectivity index (χ2n) is 3.93. The number of pyridine rings is 1. The van der Waals surface area contributed by atoms with Crippen LogP contribution < -0.4 is 10.9 Å². The van der Waals surface area contributed by atoms with Gasteiger partial charge < -0.3 is 5.73 Å². The SMILES string of the molecule is C[Si](C)c1ccnc(N)c1C1CC1. The van der Waals surface area contributed by atoms with Crippen LogP contribution in [0.5, 0.6) is 0 Å². The predicted molar refractivity (Wildman–Crippen MR) is 57.7 cm³/mol. The van der Waals surface area contributed by atoms with E-state index in [1.807, 2.05) is 6.20 Å². The lowest BCUT2D eigenvalue weighted by atomic mass is 10.2. The van der Waals surface area contributed by atoms with Crippen molar-refractivity contribution in [3.8, 4) is 0 Å². The number of hydrogen-bond acceptors (Lipinski definition) is 2. The zero-order valence-corrected chi connectivity index (χ0v) is 9.17. The molecule has 2 N–H and O–H groups in total. The third-order valence-corrected chi connectivity index (χ3v) is 4.06. The third-order valence-electron chi connectivity index (χ3n) is 2.55. The number of nitrogen functional groups attached to an aromatic ring is 1. The topological polar surface area (TPSA) is 38.9 Å². The molecule has 0 atom stereocenters. The van der Waals surface area contributed by atoms with Crippen LogP contribution in [0.4, 0.5) is 5.82 Å². The molecular formula is C10H15N2Si. The van der Waals surface area contributed by atoms with Crippen LogP contribution in [0, 0.1) is 0 Å². The zero-order chi connectivity index (χ0) is 9.42. The van der Waals surface area contributed by atoms with Crippen LogP contribution in [0.15, 0.2) is 12.3 Å². The fourth-order valence-corrected chi connectivity index (χ4v) is 3.01. The van der Waals surface area contributed by atoms with Gasteiger partial charge in [0.25, 0.3) is 0 Å². The zero-order valence-electron chi connectivity index (χ0n) is 8.17. The lowest BCUT2D eigenvalue weighted by Crippen LogP contribution is -2.28. The van der Waals surface area contributed by atoms with Crippen LogP contribution in [-0.2, 0) is 0 Å². The summed E-state index contributed by atoms with van der Waals surface area (Å²) in [6, 6.07) is 2.15. The summed E-state index contributed by atoms with van der Waals surface area (Å²) in [5.74, 6) is 1.50. The summed E-state index contributed by atoms with van der Waals surface area (Å²) in [7, 11) is -0.389. The van der Waals surface area contributed by atoms with E-state index in [-0.39, 0.29) is 8.80 Å². The van der Waals surface area contributed by atoms with Crippen molar-refractivity contribution >= 4 is 19.8 Å². The molecule has 69 valence electrons. The van der Waals surface area contributed by atoms with E-state index >= 15 is 0 Å². The molecule has 0 spiro atoms. The highest BCUT2D eigenvalue weighted by atomic mass is 28.3. The molecule has 1 heterocycles. The van der Waals surface area contributed by atoms with Crippen molar-refractivity contribution in [2.24, 2.45) is 0 Å². The van der Waals surface area contributed by atoms with E-state index in [1.165, 1.54) is 23.6 Å². The van der Waals surface area contributed by atoms with Gasteiger partial charge in [0.05, 0.1) is 8.80 Å². The minimum Gasteiger partial charge on any atom is -0.383 e. The van der Waals surface area contributed by atoms with Crippen LogP contribution in [0.1, 0.15) is 24.3 Å². The number of nitrogens with zero attached hydrogens (tertiary/aromatic N) is 1. The lowest BCUT2D eigenvalue weighted by molar-refractivity contribution is 1.12. The van der Waals surface area contributed by atoms with Crippen molar-refractivity contribution < 1.29 is 0 Å². The monoisotopic (exact) mass is 191 g/mol. The highest BCUT2D eigenvalue weighted by Crippen LogP contribution is 2.41. The van der Waals surface area contributed by atoms with Crippen LogP contribution in [0.3, 0.4) is 0 Å². The van der Waals surface area contributed by atoms with Gasteiger partial charge >= 0.3 is 0 Å². The summed E-state index contributed by atoms with van der Waals surface area (Å²) in [4.78, 5) is 4.18. The van der Waals surface area contributed by atoms with Gasteiger partial charge in [-0.15, -0.1) is 0 Å². The average Bonchev–Trinajstić information content (AvgIpc) is 2.86. The van der Waals surface area contributed by atoms with Gasteiger partial charge in [-0.2, -0.15) is 0 Å². The second kappa shape index (κ2) is 3.14. The average molecular weight is 191 g/mol. The van der Waals surface area contributed by atoms with E-state index in [4.69, 9.17) is 5.73 Å². The fraction of sp³-hybridized carbons (Fsp3) is 0.500. The Morgan fingerprint density at radius 1 is 1.46 bits per heavy atom. The van der Waals surface area contributed by atoms with E-state index < -0.39 is 0 Å². The minimum absolute atomic E-state index is 0.389. The van der Waals surface area contributed by atoms with Gasteiger partial charge in [0, 0.05) is 6.20 Å². The molecule has 1 aromatic rings. The molecule has 1 aromatic heterocycles. The molecule has 1 aliphatic carbocycles. The molecule has 0 unspecified atom stereocenters. The smallest absolute Gasteiger partial charge is 0.126 e. The second-order valence-corrected chi connectivity index (χ2v) is 6.47. The Balaban J connectivity index is 2.47. The molecule has 1 aliphatic rings. The van der Waals surface area contributed by atoms with Crippen molar-refractivity contribution in [3.05, 3.63) is 17.8 Å². The van der Waals surface area contributed by atoms with Crippen molar-refractivity contribution in [3.63, 3.8) is 0 Å². The molecule has 0 bridgehead atoms. The number of anilines is 1. The largest absolute Gasteiger partial charge is 0.383 e. The minimum atomic E-state index is -0.389. The normalized spacial score (nSPS) is 16.5. The Hall–Kier alpha value is -0.833. The number of rotatable bonds is 2. The first-order valence-corrected chi connectivity index (χ1v) is 7.25. The van der Waals surface area contributed by atoms with Crippen molar-refractivity contribution in [2.75, 3.05) is 5.73 Å². The number of nitrogens with two attached hydrogens (primary N) is 1. The van der Waals surface area contributed by atoms with Gasteiger partial charge in [-0.1, -0.05) is 18.3 Å². The molecule has 0 aliphatic heterocycles. The van der Waals surface area contributed by atoms with Crippen LogP contribution in [-0.4, -0.2) is 13.8 Å². The summed E-state index contributed by atoms with van der Waals surface area (Å²) in [5, 5.41) is 1.49. The van der Waals surface area contributed by atoms with E-state index in [0.29, 0.717) is 0 Å². The highest BCUT2D eigenvalue weighted by molar-refractivity contribution is 6.71. The van der Waals surface area contributed by atoms with Crippen molar-refractivity contribution in [2.45, 2.75) is 31.9 Å². The number of hydrogen-bond donors (Lipinski definition) is 1. The molecule has 0 amide bonds. The molecule has 2 rings (SSSR count).